The number of hydrogen-bond donors (Lipinski definition) is 2. The molecular weight excluding hydrogens is 346 g/mol. The third-order valence-corrected chi connectivity index (χ3v) is 5.43. The minimum Gasteiger partial charge on any atom is -0.370 e. The quantitative estimate of drug-likeness (QED) is 0.554. The van der Waals surface area contributed by atoms with Crippen molar-refractivity contribution in [1.29, 1.82) is 0 Å². The van der Waals surface area contributed by atoms with Crippen LogP contribution < -0.4 is 10.2 Å². The van der Waals surface area contributed by atoms with Gasteiger partial charge < -0.3 is 15.2 Å². The van der Waals surface area contributed by atoms with Crippen LogP contribution in [0.2, 0.25) is 0 Å². The number of anilines is 2. The van der Waals surface area contributed by atoms with Crippen LogP contribution in [0, 0.1) is 0 Å². The molecule has 1 aliphatic rings. The van der Waals surface area contributed by atoms with Crippen molar-refractivity contribution in [3.8, 4) is 0 Å². The van der Waals surface area contributed by atoms with Gasteiger partial charge in [0, 0.05) is 42.9 Å². The Balaban J connectivity index is 1.25. The fourth-order valence-corrected chi connectivity index (χ4v) is 3.93. The van der Waals surface area contributed by atoms with E-state index in [-0.39, 0.29) is 0 Å². The van der Waals surface area contributed by atoms with Crippen LogP contribution in [-0.2, 0) is 19.4 Å². The number of para-hydroxylation sites is 1. The number of nitrogens with one attached hydrogen (secondary N) is 2. The van der Waals surface area contributed by atoms with Crippen LogP contribution in [0.5, 0.6) is 0 Å². The van der Waals surface area contributed by atoms with Gasteiger partial charge in [-0.25, -0.2) is 4.98 Å². The Bertz CT molecular complexity index is 1100. The van der Waals surface area contributed by atoms with Gasteiger partial charge in [0.25, 0.3) is 0 Å². The number of fused-ring (bicyclic) bond motifs is 2. The second kappa shape index (κ2) is 7.35. The largest absolute Gasteiger partial charge is 0.370 e. The highest BCUT2D eigenvalue weighted by molar-refractivity contribution is 5.83. The lowest BCUT2D eigenvalue weighted by Gasteiger charge is -2.28. The molecule has 0 bridgehead atoms. The SMILES string of the molecule is c1ccc2c(c1)CCN(c1nccc(NCCc3c[nH]c4ccccc34)n1)C2. The molecule has 0 saturated carbocycles. The second-order valence-electron chi connectivity index (χ2n) is 7.22. The molecule has 2 aromatic heterocycles. The maximum absolute atomic E-state index is 4.75. The van der Waals surface area contributed by atoms with E-state index in [4.69, 9.17) is 4.98 Å². The normalized spacial score (nSPS) is 13.5. The summed E-state index contributed by atoms with van der Waals surface area (Å²) in [5, 5.41) is 4.75. The molecule has 0 aliphatic carbocycles. The topological polar surface area (TPSA) is 56.8 Å². The van der Waals surface area contributed by atoms with Crippen molar-refractivity contribution >= 4 is 22.7 Å². The van der Waals surface area contributed by atoms with E-state index in [2.05, 4.69) is 74.9 Å². The van der Waals surface area contributed by atoms with Gasteiger partial charge in [0.2, 0.25) is 5.95 Å². The van der Waals surface area contributed by atoms with E-state index < -0.39 is 0 Å². The number of aromatic amines is 1. The Hall–Kier alpha value is -3.34. The predicted octanol–water partition coefficient (Wildman–Crippen LogP) is 4.18. The molecule has 28 heavy (non-hydrogen) atoms. The molecule has 2 aromatic carbocycles. The molecule has 2 N–H and O–H groups in total. The summed E-state index contributed by atoms with van der Waals surface area (Å²) < 4.78 is 0. The maximum Gasteiger partial charge on any atom is 0.227 e. The van der Waals surface area contributed by atoms with Crippen LogP contribution in [0.15, 0.2) is 67.0 Å². The minimum absolute atomic E-state index is 0.798. The monoisotopic (exact) mass is 369 g/mol. The summed E-state index contributed by atoms with van der Waals surface area (Å²) in [4.78, 5) is 14.8. The van der Waals surface area contributed by atoms with E-state index in [0.29, 0.717) is 0 Å². The van der Waals surface area contributed by atoms with Gasteiger partial charge in [0.15, 0.2) is 0 Å². The molecule has 0 spiro atoms. The molecular formula is C23H23N5. The fraction of sp³-hybridized carbons (Fsp3) is 0.217. The van der Waals surface area contributed by atoms with E-state index in [0.717, 1.165) is 44.2 Å². The number of nitrogens with zero attached hydrogens (tertiary/aromatic N) is 3. The van der Waals surface area contributed by atoms with Crippen molar-refractivity contribution in [1.82, 2.24) is 15.0 Å². The Labute approximate surface area is 164 Å². The summed E-state index contributed by atoms with van der Waals surface area (Å²) in [6.45, 7) is 2.66. The first-order chi connectivity index (χ1) is 13.9. The number of benzene rings is 2. The second-order valence-corrected chi connectivity index (χ2v) is 7.22. The Kier molecular flexibility index (Phi) is 4.41. The lowest BCUT2D eigenvalue weighted by Crippen LogP contribution is -2.31. The average Bonchev–Trinajstić information content (AvgIpc) is 3.17. The van der Waals surface area contributed by atoms with Gasteiger partial charge >= 0.3 is 0 Å². The van der Waals surface area contributed by atoms with Gasteiger partial charge in [0.1, 0.15) is 5.82 Å². The summed E-state index contributed by atoms with van der Waals surface area (Å²) in [6.07, 6.45) is 5.93. The van der Waals surface area contributed by atoms with Crippen molar-refractivity contribution < 1.29 is 0 Å². The first-order valence-electron chi connectivity index (χ1n) is 9.80. The van der Waals surface area contributed by atoms with Gasteiger partial charge in [-0.1, -0.05) is 42.5 Å². The van der Waals surface area contributed by atoms with E-state index in [9.17, 15) is 0 Å². The number of H-pyrrole nitrogens is 1. The van der Waals surface area contributed by atoms with Gasteiger partial charge in [-0.15, -0.1) is 0 Å². The van der Waals surface area contributed by atoms with Crippen molar-refractivity contribution in [2.24, 2.45) is 0 Å². The molecule has 3 heterocycles. The molecule has 0 fully saturated rings. The van der Waals surface area contributed by atoms with Gasteiger partial charge in [0.05, 0.1) is 0 Å². The summed E-state index contributed by atoms with van der Waals surface area (Å²) >= 11 is 0. The molecule has 4 aromatic rings. The van der Waals surface area contributed by atoms with E-state index in [1.165, 1.54) is 27.6 Å². The van der Waals surface area contributed by atoms with E-state index >= 15 is 0 Å². The number of aromatic nitrogens is 3. The van der Waals surface area contributed by atoms with Crippen LogP contribution >= 0.6 is 0 Å². The first-order valence-corrected chi connectivity index (χ1v) is 9.80. The zero-order chi connectivity index (χ0) is 18.8. The molecule has 1 aliphatic heterocycles. The van der Waals surface area contributed by atoms with E-state index in [1.54, 1.807) is 0 Å². The molecule has 5 rings (SSSR count). The Morgan fingerprint density at radius 2 is 1.86 bits per heavy atom. The molecule has 5 heteroatoms. The standard InChI is InChI=1S/C23H23N5/c1-2-6-19-16-28(14-11-17(19)5-1)23-25-13-10-22(27-23)24-12-9-18-15-26-21-8-4-3-7-20(18)21/h1-8,10,13,15,26H,9,11-12,14,16H2,(H,24,25,27). The summed E-state index contributed by atoms with van der Waals surface area (Å²) in [5.74, 6) is 1.68. The Morgan fingerprint density at radius 3 is 2.82 bits per heavy atom. The van der Waals surface area contributed by atoms with Gasteiger partial charge in [-0.05, 0) is 41.7 Å². The number of hydrogen-bond acceptors (Lipinski definition) is 4. The molecule has 5 nitrogen and oxygen atoms in total. The van der Waals surface area contributed by atoms with Crippen LogP contribution in [0.3, 0.4) is 0 Å². The summed E-state index contributed by atoms with van der Waals surface area (Å²) in [6, 6.07) is 19.0. The van der Waals surface area contributed by atoms with Crippen molar-refractivity contribution in [3.63, 3.8) is 0 Å². The van der Waals surface area contributed by atoms with Crippen LogP contribution in [0.25, 0.3) is 10.9 Å². The Morgan fingerprint density at radius 1 is 1.00 bits per heavy atom. The third-order valence-electron chi connectivity index (χ3n) is 5.43. The lowest BCUT2D eigenvalue weighted by atomic mass is 10.0. The molecule has 0 atom stereocenters. The minimum atomic E-state index is 0.798. The highest BCUT2D eigenvalue weighted by Gasteiger charge is 2.18. The highest BCUT2D eigenvalue weighted by Crippen LogP contribution is 2.22. The zero-order valence-electron chi connectivity index (χ0n) is 15.7. The molecule has 0 unspecified atom stereocenters. The predicted molar refractivity (Wildman–Crippen MR) is 114 cm³/mol. The van der Waals surface area contributed by atoms with Gasteiger partial charge in [-0.2, -0.15) is 4.98 Å². The highest BCUT2D eigenvalue weighted by atomic mass is 15.3. The van der Waals surface area contributed by atoms with Crippen LogP contribution in [-0.4, -0.2) is 28.0 Å². The zero-order valence-corrected chi connectivity index (χ0v) is 15.7. The smallest absolute Gasteiger partial charge is 0.227 e. The van der Waals surface area contributed by atoms with Crippen molar-refractivity contribution in [3.05, 3.63) is 83.7 Å². The van der Waals surface area contributed by atoms with Crippen molar-refractivity contribution in [2.75, 3.05) is 23.3 Å². The molecule has 0 radical (unpaired) electrons. The average molecular weight is 369 g/mol. The van der Waals surface area contributed by atoms with Gasteiger partial charge in [-0.3, -0.25) is 0 Å². The number of rotatable bonds is 5. The third kappa shape index (κ3) is 3.31. The molecule has 0 amide bonds. The molecule has 0 saturated heterocycles. The van der Waals surface area contributed by atoms with Crippen molar-refractivity contribution in [2.45, 2.75) is 19.4 Å². The lowest BCUT2D eigenvalue weighted by molar-refractivity contribution is 0.708. The van der Waals surface area contributed by atoms with E-state index in [1.807, 2.05) is 12.3 Å². The molecule has 140 valence electrons. The summed E-state index contributed by atoms with van der Waals surface area (Å²) in [7, 11) is 0. The van der Waals surface area contributed by atoms with Crippen LogP contribution in [0.1, 0.15) is 16.7 Å². The fourth-order valence-electron chi connectivity index (χ4n) is 3.93. The summed E-state index contributed by atoms with van der Waals surface area (Å²) in [5.41, 5.74) is 5.32. The first kappa shape index (κ1) is 16.8. The van der Waals surface area contributed by atoms with Crippen LogP contribution in [0.4, 0.5) is 11.8 Å². The maximum atomic E-state index is 4.75.